The van der Waals surface area contributed by atoms with Gasteiger partial charge in [-0.2, -0.15) is 0 Å². The lowest BCUT2D eigenvalue weighted by Gasteiger charge is -2.12. The van der Waals surface area contributed by atoms with E-state index in [1.807, 2.05) is 0 Å². The van der Waals surface area contributed by atoms with Crippen molar-refractivity contribution in [2.24, 2.45) is 0 Å². The molecule has 0 aromatic carbocycles. The predicted molar refractivity (Wildman–Crippen MR) is 64.9 cm³/mol. The molecule has 2 aromatic rings. The fourth-order valence-corrected chi connectivity index (χ4v) is 1.63. The van der Waals surface area contributed by atoms with Gasteiger partial charge in [0.2, 0.25) is 0 Å². The Labute approximate surface area is 104 Å². The molecule has 6 nitrogen and oxygen atoms in total. The monoisotopic (exact) mass is 247 g/mol. The fraction of sp³-hybridized carbons (Fsp3) is 0.250. The van der Waals surface area contributed by atoms with Crippen molar-refractivity contribution >= 4 is 0 Å². The smallest absolute Gasteiger partial charge is 0.269 e. The van der Waals surface area contributed by atoms with Crippen molar-refractivity contribution in [2.75, 3.05) is 14.2 Å². The second-order valence-electron chi connectivity index (χ2n) is 3.54. The number of hydrogen-bond acceptors (Lipinski definition) is 5. The molecular weight excluding hydrogens is 234 g/mol. The largest absolute Gasteiger partial charge is 0.493 e. The Hall–Kier alpha value is -2.37. The Morgan fingerprint density at radius 1 is 1.28 bits per heavy atom. The molecular formula is C12H13N3O3. The number of pyridine rings is 1. The first-order valence-electron chi connectivity index (χ1n) is 5.32. The van der Waals surface area contributed by atoms with Crippen LogP contribution in [0.5, 0.6) is 11.5 Å². The minimum absolute atomic E-state index is 0.191. The number of hydrogen-bond donors (Lipinski definition) is 0. The molecule has 2 rings (SSSR count). The summed E-state index contributed by atoms with van der Waals surface area (Å²) < 4.78 is 11.9. The summed E-state index contributed by atoms with van der Waals surface area (Å²) in [6.07, 6.45) is 6.02. The van der Waals surface area contributed by atoms with Gasteiger partial charge in [0.25, 0.3) is 5.56 Å². The van der Waals surface area contributed by atoms with Gasteiger partial charge in [-0.25, -0.2) is 0 Å². The first-order valence-corrected chi connectivity index (χ1v) is 5.32. The van der Waals surface area contributed by atoms with Crippen LogP contribution >= 0.6 is 0 Å². The van der Waals surface area contributed by atoms with E-state index in [1.54, 1.807) is 38.9 Å². The maximum absolute atomic E-state index is 11.6. The quantitative estimate of drug-likeness (QED) is 0.795. The molecule has 0 unspecified atom stereocenters. The molecule has 0 fully saturated rings. The van der Waals surface area contributed by atoms with Crippen LogP contribution in [0.1, 0.15) is 5.69 Å². The molecule has 0 amide bonds. The Balaban J connectivity index is 2.41. The van der Waals surface area contributed by atoms with Crippen LogP contribution in [0.2, 0.25) is 0 Å². The second kappa shape index (κ2) is 5.31. The minimum Gasteiger partial charge on any atom is -0.493 e. The number of methoxy groups -OCH3 is 2. The van der Waals surface area contributed by atoms with Gasteiger partial charge in [-0.3, -0.25) is 14.8 Å². The summed E-state index contributed by atoms with van der Waals surface area (Å²) in [5.41, 5.74) is 0.439. The van der Waals surface area contributed by atoms with E-state index in [1.165, 1.54) is 10.8 Å². The van der Waals surface area contributed by atoms with Gasteiger partial charge in [0.15, 0.2) is 11.5 Å². The van der Waals surface area contributed by atoms with Crippen LogP contribution in [0.15, 0.2) is 35.6 Å². The molecule has 2 aromatic heterocycles. The molecule has 0 saturated heterocycles. The summed E-state index contributed by atoms with van der Waals surface area (Å²) in [6.45, 7) is 0.307. The Bertz CT molecular complexity index is 595. The van der Waals surface area contributed by atoms with Gasteiger partial charge < -0.3 is 14.0 Å². The third-order valence-electron chi connectivity index (χ3n) is 2.49. The molecule has 0 aliphatic rings. The van der Waals surface area contributed by atoms with E-state index in [0.29, 0.717) is 23.7 Å². The number of aromatic nitrogens is 3. The van der Waals surface area contributed by atoms with Crippen molar-refractivity contribution in [3.63, 3.8) is 0 Å². The van der Waals surface area contributed by atoms with Gasteiger partial charge in [-0.05, 0) is 0 Å². The summed E-state index contributed by atoms with van der Waals surface area (Å²) in [4.78, 5) is 19.5. The average molecular weight is 247 g/mol. The number of rotatable bonds is 4. The van der Waals surface area contributed by atoms with E-state index in [4.69, 9.17) is 9.47 Å². The topological polar surface area (TPSA) is 66.2 Å². The van der Waals surface area contributed by atoms with Crippen molar-refractivity contribution in [1.29, 1.82) is 0 Å². The summed E-state index contributed by atoms with van der Waals surface area (Å²) in [5, 5.41) is 0. The first-order chi connectivity index (χ1) is 8.76. The van der Waals surface area contributed by atoms with Crippen molar-refractivity contribution in [1.82, 2.24) is 14.5 Å². The van der Waals surface area contributed by atoms with Crippen LogP contribution in [0.25, 0.3) is 0 Å². The normalized spacial score (nSPS) is 10.1. The third kappa shape index (κ3) is 2.32. The second-order valence-corrected chi connectivity index (χ2v) is 3.54. The van der Waals surface area contributed by atoms with E-state index in [2.05, 4.69) is 9.97 Å². The van der Waals surface area contributed by atoms with Crippen LogP contribution in [0.3, 0.4) is 0 Å². The molecule has 94 valence electrons. The molecule has 0 atom stereocenters. The average Bonchev–Trinajstić information content (AvgIpc) is 2.41. The highest BCUT2D eigenvalue weighted by atomic mass is 16.5. The lowest BCUT2D eigenvalue weighted by molar-refractivity contribution is 0.348. The Kier molecular flexibility index (Phi) is 3.57. The zero-order chi connectivity index (χ0) is 13.0. The van der Waals surface area contributed by atoms with E-state index in [0.717, 1.165) is 0 Å². The fourth-order valence-electron chi connectivity index (χ4n) is 1.63. The van der Waals surface area contributed by atoms with Crippen LogP contribution in [-0.2, 0) is 6.54 Å². The molecule has 6 heteroatoms. The van der Waals surface area contributed by atoms with Gasteiger partial charge in [0, 0.05) is 24.7 Å². The summed E-state index contributed by atoms with van der Waals surface area (Å²) in [6, 6.07) is 1.71. The summed E-state index contributed by atoms with van der Waals surface area (Å²) in [7, 11) is 3.10. The highest BCUT2D eigenvalue weighted by Gasteiger charge is 2.11. The minimum atomic E-state index is -0.191. The Morgan fingerprint density at radius 2 is 2.11 bits per heavy atom. The third-order valence-corrected chi connectivity index (χ3v) is 2.49. The molecule has 0 aliphatic heterocycles. The maximum atomic E-state index is 11.6. The van der Waals surface area contributed by atoms with Crippen LogP contribution in [0.4, 0.5) is 0 Å². The zero-order valence-electron chi connectivity index (χ0n) is 10.2. The standard InChI is InChI=1S/C12H13N3O3/c1-17-10-3-4-14-9(12(10)18-2)8-15-6-5-13-7-11(15)16/h3-7H,8H2,1-2H3. The van der Waals surface area contributed by atoms with Gasteiger partial charge in [0.1, 0.15) is 5.69 Å². The molecule has 0 radical (unpaired) electrons. The summed E-state index contributed by atoms with van der Waals surface area (Å²) in [5.74, 6) is 1.12. The van der Waals surface area contributed by atoms with E-state index in [-0.39, 0.29) is 5.56 Å². The van der Waals surface area contributed by atoms with E-state index >= 15 is 0 Å². The van der Waals surface area contributed by atoms with Gasteiger partial charge in [0.05, 0.1) is 27.0 Å². The molecule has 0 bridgehead atoms. The maximum Gasteiger partial charge on any atom is 0.269 e. The van der Waals surface area contributed by atoms with Crippen LogP contribution < -0.4 is 15.0 Å². The van der Waals surface area contributed by atoms with Gasteiger partial charge in [-0.1, -0.05) is 0 Å². The van der Waals surface area contributed by atoms with Gasteiger partial charge >= 0.3 is 0 Å². The number of nitrogens with zero attached hydrogens (tertiary/aromatic N) is 3. The van der Waals surface area contributed by atoms with Crippen molar-refractivity contribution in [3.05, 3.63) is 46.9 Å². The van der Waals surface area contributed by atoms with Crippen molar-refractivity contribution in [2.45, 2.75) is 6.54 Å². The Morgan fingerprint density at radius 3 is 2.78 bits per heavy atom. The molecule has 0 saturated carbocycles. The molecule has 0 N–H and O–H groups in total. The molecule has 2 heterocycles. The zero-order valence-corrected chi connectivity index (χ0v) is 10.2. The molecule has 0 spiro atoms. The van der Waals surface area contributed by atoms with Crippen LogP contribution in [-0.4, -0.2) is 28.8 Å². The SMILES string of the molecule is COc1ccnc(Cn2ccncc2=O)c1OC. The molecule has 0 aliphatic carbocycles. The highest BCUT2D eigenvalue weighted by molar-refractivity contribution is 5.42. The lowest BCUT2D eigenvalue weighted by Crippen LogP contribution is -2.20. The lowest BCUT2D eigenvalue weighted by atomic mass is 10.3. The van der Waals surface area contributed by atoms with Crippen molar-refractivity contribution < 1.29 is 9.47 Å². The predicted octanol–water partition coefficient (Wildman–Crippen LogP) is 0.704. The van der Waals surface area contributed by atoms with E-state index in [9.17, 15) is 4.79 Å². The highest BCUT2D eigenvalue weighted by Crippen LogP contribution is 2.29. The first kappa shape index (κ1) is 12.1. The van der Waals surface area contributed by atoms with Crippen LogP contribution in [0, 0.1) is 0 Å². The van der Waals surface area contributed by atoms with Gasteiger partial charge in [-0.15, -0.1) is 0 Å². The summed E-state index contributed by atoms with van der Waals surface area (Å²) >= 11 is 0. The molecule has 18 heavy (non-hydrogen) atoms. The van der Waals surface area contributed by atoms with Crippen molar-refractivity contribution in [3.8, 4) is 11.5 Å². The van der Waals surface area contributed by atoms with E-state index < -0.39 is 0 Å². The number of ether oxygens (including phenoxy) is 2.